The Morgan fingerprint density at radius 3 is 2.84 bits per heavy atom. The van der Waals surface area contributed by atoms with Crippen molar-refractivity contribution in [1.29, 1.82) is 0 Å². The van der Waals surface area contributed by atoms with Gasteiger partial charge in [-0.15, -0.1) is 0 Å². The van der Waals surface area contributed by atoms with Crippen LogP contribution in [0, 0.1) is 6.92 Å². The second-order valence-electron chi connectivity index (χ2n) is 6.57. The number of hydrogen-bond donors (Lipinski definition) is 2. The maximum absolute atomic E-state index is 12.4. The minimum absolute atomic E-state index is 0.0213. The van der Waals surface area contributed by atoms with Crippen molar-refractivity contribution >= 4 is 5.91 Å². The summed E-state index contributed by atoms with van der Waals surface area (Å²) in [5.41, 5.74) is 4.77. The number of nitrogens with zero attached hydrogens (tertiary/aromatic N) is 3. The van der Waals surface area contributed by atoms with Gasteiger partial charge in [0.15, 0.2) is 5.82 Å². The molecule has 1 aromatic carbocycles. The number of piperidine rings is 1. The van der Waals surface area contributed by atoms with Crippen LogP contribution in [0.25, 0.3) is 11.1 Å². The Labute approximate surface area is 146 Å². The fourth-order valence-electron chi connectivity index (χ4n) is 3.55. The number of carbonyl (C=O) groups is 1. The highest BCUT2D eigenvalue weighted by Crippen LogP contribution is 2.34. The zero-order chi connectivity index (χ0) is 17.2. The van der Waals surface area contributed by atoms with Crippen LogP contribution in [-0.4, -0.2) is 44.1 Å². The largest absolute Gasteiger partial charge is 0.341 e. The summed E-state index contributed by atoms with van der Waals surface area (Å²) < 4.78 is 0. The Hall–Kier alpha value is -2.89. The topological polar surface area (TPSA) is 77.7 Å². The van der Waals surface area contributed by atoms with Gasteiger partial charge in [0, 0.05) is 42.7 Å². The van der Waals surface area contributed by atoms with Gasteiger partial charge in [-0.25, -0.2) is 4.98 Å². The average Bonchev–Trinajstić information content (AvgIpc) is 3.33. The number of imidazole rings is 1. The molecule has 1 amide bonds. The lowest BCUT2D eigenvalue weighted by Gasteiger charge is -2.31. The molecule has 1 aliphatic heterocycles. The molecular weight excluding hydrogens is 314 g/mol. The smallest absolute Gasteiger partial charge is 0.289 e. The van der Waals surface area contributed by atoms with E-state index >= 15 is 0 Å². The molecule has 6 heteroatoms. The van der Waals surface area contributed by atoms with Crippen LogP contribution < -0.4 is 0 Å². The van der Waals surface area contributed by atoms with E-state index in [4.69, 9.17) is 0 Å². The lowest BCUT2D eigenvalue weighted by Crippen LogP contribution is -2.38. The van der Waals surface area contributed by atoms with E-state index in [0.29, 0.717) is 11.7 Å². The van der Waals surface area contributed by atoms with Gasteiger partial charge < -0.3 is 9.88 Å². The normalized spacial score (nSPS) is 15.5. The minimum Gasteiger partial charge on any atom is -0.341 e. The Balaban J connectivity index is 1.49. The van der Waals surface area contributed by atoms with E-state index in [1.807, 2.05) is 11.1 Å². The molecule has 3 aromatic rings. The summed E-state index contributed by atoms with van der Waals surface area (Å²) in [5, 5.41) is 7.47. The van der Waals surface area contributed by atoms with Crippen LogP contribution in [-0.2, 0) is 0 Å². The third-order valence-corrected chi connectivity index (χ3v) is 4.89. The summed E-state index contributed by atoms with van der Waals surface area (Å²) in [5.74, 6) is 0.783. The van der Waals surface area contributed by atoms with E-state index in [1.54, 1.807) is 12.4 Å². The number of likely N-dealkylation sites (tertiary alicyclic amines) is 1. The number of carbonyl (C=O) groups excluding carboxylic acids is 1. The van der Waals surface area contributed by atoms with Crippen LogP contribution >= 0.6 is 0 Å². The van der Waals surface area contributed by atoms with Crippen LogP contribution in [0.2, 0.25) is 0 Å². The first-order chi connectivity index (χ1) is 12.2. The van der Waals surface area contributed by atoms with Crippen molar-refractivity contribution in [2.75, 3.05) is 13.1 Å². The van der Waals surface area contributed by atoms with Crippen LogP contribution in [0.3, 0.4) is 0 Å². The van der Waals surface area contributed by atoms with Gasteiger partial charge in [0.25, 0.3) is 5.91 Å². The van der Waals surface area contributed by atoms with Crippen molar-refractivity contribution in [3.63, 3.8) is 0 Å². The van der Waals surface area contributed by atoms with E-state index in [2.05, 4.69) is 51.4 Å². The minimum atomic E-state index is -0.0213. The zero-order valence-electron chi connectivity index (χ0n) is 14.2. The van der Waals surface area contributed by atoms with Crippen LogP contribution in [0.1, 0.15) is 40.6 Å². The van der Waals surface area contributed by atoms with E-state index in [-0.39, 0.29) is 5.91 Å². The van der Waals surface area contributed by atoms with Gasteiger partial charge in [0.1, 0.15) is 0 Å². The first kappa shape index (κ1) is 15.6. The highest BCUT2D eigenvalue weighted by atomic mass is 16.2. The van der Waals surface area contributed by atoms with E-state index in [9.17, 15) is 4.79 Å². The SMILES string of the molecule is Cc1cccc(-c2cn[nH]c2C2CCN(C(=O)c3ncc[nH]3)CC2)c1. The van der Waals surface area contributed by atoms with Gasteiger partial charge in [-0.1, -0.05) is 29.8 Å². The number of nitrogens with one attached hydrogen (secondary N) is 2. The van der Waals surface area contributed by atoms with Gasteiger partial charge in [0.05, 0.1) is 6.20 Å². The molecule has 0 bridgehead atoms. The molecule has 25 heavy (non-hydrogen) atoms. The monoisotopic (exact) mass is 335 g/mol. The average molecular weight is 335 g/mol. The number of hydrogen-bond acceptors (Lipinski definition) is 3. The Morgan fingerprint density at radius 2 is 2.12 bits per heavy atom. The van der Waals surface area contributed by atoms with E-state index in [0.717, 1.165) is 25.9 Å². The fourth-order valence-corrected chi connectivity index (χ4v) is 3.55. The lowest BCUT2D eigenvalue weighted by atomic mass is 9.89. The number of benzene rings is 1. The molecule has 4 rings (SSSR count). The number of H-pyrrole nitrogens is 2. The highest BCUT2D eigenvalue weighted by Gasteiger charge is 2.28. The van der Waals surface area contributed by atoms with Gasteiger partial charge >= 0.3 is 0 Å². The molecule has 0 atom stereocenters. The van der Waals surface area contributed by atoms with Gasteiger partial charge in [-0.05, 0) is 25.3 Å². The molecule has 0 saturated carbocycles. The molecule has 128 valence electrons. The van der Waals surface area contributed by atoms with Gasteiger partial charge in [0.2, 0.25) is 0 Å². The maximum atomic E-state index is 12.4. The molecule has 0 aliphatic carbocycles. The predicted molar refractivity (Wildman–Crippen MR) is 95.2 cm³/mol. The fraction of sp³-hybridized carbons (Fsp3) is 0.316. The summed E-state index contributed by atoms with van der Waals surface area (Å²) in [6.45, 7) is 3.56. The Kier molecular flexibility index (Phi) is 4.09. The highest BCUT2D eigenvalue weighted by molar-refractivity contribution is 5.90. The van der Waals surface area contributed by atoms with Crippen molar-refractivity contribution in [3.05, 3.63) is 59.9 Å². The maximum Gasteiger partial charge on any atom is 0.289 e. The third kappa shape index (κ3) is 3.07. The number of rotatable bonds is 3. The van der Waals surface area contributed by atoms with Crippen LogP contribution in [0.4, 0.5) is 0 Å². The molecule has 1 aliphatic rings. The summed E-state index contributed by atoms with van der Waals surface area (Å²) in [4.78, 5) is 21.2. The quantitative estimate of drug-likeness (QED) is 0.772. The molecule has 0 unspecified atom stereocenters. The van der Waals surface area contributed by atoms with Crippen LogP contribution in [0.15, 0.2) is 42.9 Å². The number of aryl methyl sites for hydroxylation is 1. The van der Waals surface area contributed by atoms with Crippen molar-refractivity contribution in [1.82, 2.24) is 25.1 Å². The summed E-state index contributed by atoms with van der Waals surface area (Å²) >= 11 is 0. The van der Waals surface area contributed by atoms with Crippen molar-refractivity contribution in [3.8, 4) is 11.1 Å². The number of aromatic nitrogens is 4. The molecule has 0 spiro atoms. The standard InChI is InChI=1S/C19H21N5O/c1-13-3-2-4-15(11-13)16-12-22-23-17(16)14-5-9-24(10-6-14)19(25)18-20-7-8-21-18/h2-4,7-8,11-12,14H,5-6,9-10H2,1H3,(H,20,21)(H,22,23). The van der Waals surface area contributed by atoms with E-state index < -0.39 is 0 Å². The first-order valence-corrected chi connectivity index (χ1v) is 8.61. The van der Waals surface area contributed by atoms with Crippen molar-refractivity contribution < 1.29 is 4.79 Å². The molecular formula is C19H21N5O. The second kappa shape index (κ2) is 6.55. The molecule has 1 fully saturated rings. The van der Waals surface area contributed by atoms with Crippen LogP contribution in [0.5, 0.6) is 0 Å². The molecule has 1 saturated heterocycles. The Bertz CT molecular complexity index is 860. The van der Waals surface area contributed by atoms with Gasteiger partial charge in [-0.3, -0.25) is 9.89 Å². The molecule has 3 heterocycles. The third-order valence-electron chi connectivity index (χ3n) is 4.89. The predicted octanol–water partition coefficient (Wildman–Crippen LogP) is 3.13. The molecule has 2 aromatic heterocycles. The zero-order valence-corrected chi connectivity index (χ0v) is 14.2. The second-order valence-corrected chi connectivity index (χ2v) is 6.57. The summed E-state index contributed by atoms with van der Waals surface area (Å²) in [7, 11) is 0. The molecule has 2 N–H and O–H groups in total. The lowest BCUT2D eigenvalue weighted by molar-refractivity contribution is 0.0701. The van der Waals surface area contributed by atoms with Crippen molar-refractivity contribution in [2.24, 2.45) is 0 Å². The molecule has 0 radical (unpaired) electrons. The molecule has 6 nitrogen and oxygen atoms in total. The Morgan fingerprint density at radius 1 is 1.28 bits per heavy atom. The summed E-state index contributed by atoms with van der Waals surface area (Å²) in [6, 6.07) is 8.48. The van der Waals surface area contributed by atoms with E-state index in [1.165, 1.54) is 22.4 Å². The number of amides is 1. The summed E-state index contributed by atoms with van der Waals surface area (Å²) in [6.07, 6.45) is 7.04. The number of aromatic amines is 2. The van der Waals surface area contributed by atoms with Gasteiger partial charge in [-0.2, -0.15) is 5.10 Å². The van der Waals surface area contributed by atoms with Crippen molar-refractivity contribution in [2.45, 2.75) is 25.7 Å². The first-order valence-electron chi connectivity index (χ1n) is 8.61.